The quantitative estimate of drug-likeness (QED) is 0.353. The van der Waals surface area contributed by atoms with Gasteiger partial charge in [-0.3, -0.25) is 4.79 Å². The second kappa shape index (κ2) is 8.43. The lowest BCUT2D eigenvalue weighted by Gasteiger charge is -2.25. The molecule has 1 amide bonds. The lowest BCUT2D eigenvalue weighted by molar-refractivity contribution is -0.116. The molecule has 0 aliphatic carbocycles. The van der Waals surface area contributed by atoms with E-state index in [0.717, 1.165) is 43.5 Å². The van der Waals surface area contributed by atoms with Gasteiger partial charge in [-0.05, 0) is 30.7 Å². The van der Waals surface area contributed by atoms with Crippen LogP contribution >= 0.6 is 11.3 Å². The third-order valence-corrected chi connectivity index (χ3v) is 7.11. The van der Waals surface area contributed by atoms with Gasteiger partial charge in [-0.2, -0.15) is 9.78 Å². The maximum atomic E-state index is 12.9. The Balaban J connectivity index is 1.41. The molecule has 0 saturated carbocycles. The lowest BCUT2D eigenvalue weighted by atomic mass is 9.85. The molecule has 2 aromatic heterocycles. The van der Waals surface area contributed by atoms with Crippen molar-refractivity contribution >= 4 is 33.3 Å². The highest BCUT2D eigenvalue weighted by Gasteiger charge is 2.34. The first-order chi connectivity index (χ1) is 16.7. The summed E-state index contributed by atoms with van der Waals surface area (Å²) in [6, 6.07) is 26.0. The smallest absolute Gasteiger partial charge is 0.226 e. The number of amides is 1. The van der Waals surface area contributed by atoms with Crippen molar-refractivity contribution in [2.75, 3.05) is 5.32 Å². The minimum Gasteiger partial charge on any atom is -0.489 e. The van der Waals surface area contributed by atoms with Crippen LogP contribution in [0.4, 0.5) is 5.82 Å². The van der Waals surface area contributed by atoms with Crippen molar-refractivity contribution in [3.05, 3.63) is 101 Å². The van der Waals surface area contributed by atoms with E-state index in [1.54, 1.807) is 16.0 Å². The third kappa shape index (κ3) is 3.64. The number of ether oxygens (including phenoxy) is 1. The molecule has 0 bridgehead atoms. The van der Waals surface area contributed by atoms with Crippen LogP contribution in [-0.2, 0) is 11.4 Å². The van der Waals surface area contributed by atoms with Crippen molar-refractivity contribution in [1.82, 2.24) is 14.8 Å². The van der Waals surface area contributed by atoms with E-state index in [1.807, 2.05) is 85.8 Å². The van der Waals surface area contributed by atoms with Crippen LogP contribution in [-0.4, -0.2) is 20.7 Å². The van der Waals surface area contributed by atoms with Gasteiger partial charge in [-0.1, -0.05) is 72.0 Å². The van der Waals surface area contributed by atoms with E-state index in [-0.39, 0.29) is 11.8 Å². The highest BCUT2D eigenvalue weighted by molar-refractivity contribution is 7.20. The summed E-state index contributed by atoms with van der Waals surface area (Å²) < 4.78 is 9.08. The van der Waals surface area contributed by atoms with Crippen LogP contribution in [0, 0.1) is 6.92 Å². The van der Waals surface area contributed by atoms with Gasteiger partial charge in [0.25, 0.3) is 0 Å². The fraction of sp³-hybridized carbons (Fsp3) is 0.148. The molecule has 3 heterocycles. The molecule has 34 heavy (non-hydrogen) atoms. The predicted molar refractivity (Wildman–Crippen MR) is 134 cm³/mol. The molecule has 1 atom stereocenters. The highest BCUT2D eigenvalue weighted by atomic mass is 32.1. The second-order valence-corrected chi connectivity index (χ2v) is 9.35. The van der Waals surface area contributed by atoms with Gasteiger partial charge >= 0.3 is 0 Å². The Bertz CT molecular complexity index is 1470. The van der Waals surface area contributed by atoms with E-state index < -0.39 is 0 Å². The summed E-state index contributed by atoms with van der Waals surface area (Å²) in [5, 5.41) is 8.59. The van der Waals surface area contributed by atoms with E-state index in [9.17, 15) is 4.79 Å². The zero-order chi connectivity index (χ0) is 23.1. The maximum absolute atomic E-state index is 12.9. The minimum absolute atomic E-state index is 0.0439. The number of nitrogens with zero attached hydrogens (tertiary/aromatic N) is 3. The molecular formula is C27H22N4O2S. The molecule has 6 nitrogen and oxygen atoms in total. The second-order valence-electron chi connectivity index (χ2n) is 8.34. The van der Waals surface area contributed by atoms with Crippen LogP contribution in [0.15, 0.2) is 78.9 Å². The molecule has 6 rings (SSSR count). The van der Waals surface area contributed by atoms with Crippen molar-refractivity contribution in [3.8, 4) is 10.9 Å². The number of aromatic nitrogens is 3. The summed E-state index contributed by atoms with van der Waals surface area (Å²) in [6.07, 6.45) is 0.338. The van der Waals surface area contributed by atoms with Crippen molar-refractivity contribution in [1.29, 1.82) is 0 Å². The van der Waals surface area contributed by atoms with Crippen LogP contribution in [0.1, 0.15) is 34.7 Å². The van der Waals surface area contributed by atoms with Crippen LogP contribution in [0.5, 0.6) is 5.75 Å². The van der Waals surface area contributed by atoms with E-state index in [1.165, 1.54) is 0 Å². The molecule has 1 N–H and O–H groups in total. The molecule has 5 aromatic rings. The van der Waals surface area contributed by atoms with Crippen LogP contribution in [0.3, 0.4) is 0 Å². The first-order valence-corrected chi connectivity index (χ1v) is 12.0. The van der Waals surface area contributed by atoms with Gasteiger partial charge in [0.05, 0.1) is 15.9 Å². The van der Waals surface area contributed by atoms with E-state index in [0.29, 0.717) is 18.8 Å². The van der Waals surface area contributed by atoms with E-state index >= 15 is 0 Å². The van der Waals surface area contributed by atoms with Crippen molar-refractivity contribution in [2.24, 2.45) is 0 Å². The zero-order valence-corrected chi connectivity index (χ0v) is 19.4. The monoisotopic (exact) mass is 466 g/mol. The molecule has 7 heteroatoms. The molecule has 1 aliphatic heterocycles. The molecule has 0 radical (unpaired) electrons. The Morgan fingerprint density at radius 2 is 1.79 bits per heavy atom. The number of benzene rings is 3. The van der Waals surface area contributed by atoms with Gasteiger partial charge in [0.1, 0.15) is 18.2 Å². The molecule has 0 fully saturated rings. The van der Waals surface area contributed by atoms with E-state index in [2.05, 4.69) is 5.32 Å². The Labute approximate surface area is 200 Å². The predicted octanol–water partition coefficient (Wildman–Crippen LogP) is 5.84. The van der Waals surface area contributed by atoms with Gasteiger partial charge in [-0.15, -0.1) is 0 Å². The normalized spacial score (nSPS) is 15.2. The highest BCUT2D eigenvalue weighted by Crippen LogP contribution is 2.43. The largest absolute Gasteiger partial charge is 0.489 e. The summed E-state index contributed by atoms with van der Waals surface area (Å²) >= 11 is 1.56. The van der Waals surface area contributed by atoms with Gasteiger partial charge in [0, 0.05) is 23.5 Å². The van der Waals surface area contributed by atoms with Crippen molar-refractivity contribution in [2.45, 2.75) is 25.9 Å². The number of aryl methyl sites for hydroxylation is 1. The average molecular weight is 467 g/mol. The van der Waals surface area contributed by atoms with E-state index in [4.69, 9.17) is 14.8 Å². The number of para-hydroxylation sites is 2. The first kappa shape index (κ1) is 20.6. The van der Waals surface area contributed by atoms with Gasteiger partial charge in [-0.25, -0.2) is 4.98 Å². The van der Waals surface area contributed by atoms with Crippen LogP contribution < -0.4 is 10.1 Å². The SMILES string of the molecule is Cc1nn(-c2nc3ccccc3s2)c2c1[C@H](c1ccccc1OCc1ccccc1)CC(=O)N2. The lowest BCUT2D eigenvalue weighted by Crippen LogP contribution is -2.25. The minimum atomic E-state index is -0.154. The Morgan fingerprint density at radius 1 is 1.03 bits per heavy atom. The van der Waals surface area contributed by atoms with Crippen LogP contribution in [0.2, 0.25) is 0 Å². The van der Waals surface area contributed by atoms with Crippen molar-refractivity contribution < 1.29 is 9.53 Å². The maximum Gasteiger partial charge on any atom is 0.226 e. The number of carbonyl (C=O) groups is 1. The average Bonchev–Trinajstić information content (AvgIpc) is 3.44. The molecule has 0 saturated heterocycles. The molecular weight excluding hydrogens is 444 g/mol. The summed E-state index contributed by atoms with van der Waals surface area (Å²) in [5.74, 6) is 1.27. The number of hydrogen-bond acceptors (Lipinski definition) is 5. The number of carbonyl (C=O) groups excluding carboxylic acids is 1. The fourth-order valence-electron chi connectivity index (χ4n) is 4.54. The van der Waals surface area contributed by atoms with Gasteiger partial charge in [0.2, 0.25) is 11.0 Å². The number of rotatable bonds is 5. The molecule has 3 aromatic carbocycles. The summed E-state index contributed by atoms with van der Waals surface area (Å²) in [5.41, 5.74) is 4.88. The Kier molecular flexibility index (Phi) is 5.11. The first-order valence-electron chi connectivity index (χ1n) is 11.2. The molecule has 168 valence electrons. The topological polar surface area (TPSA) is 69.0 Å². The number of fused-ring (bicyclic) bond motifs is 2. The third-order valence-electron chi connectivity index (χ3n) is 6.10. The fourth-order valence-corrected chi connectivity index (χ4v) is 5.46. The number of anilines is 1. The van der Waals surface area contributed by atoms with Crippen LogP contribution in [0.25, 0.3) is 15.3 Å². The number of hydrogen-bond donors (Lipinski definition) is 1. The zero-order valence-electron chi connectivity index (χ0n) is 18.6. The number of nitrogens with one attached hydrogen (secondary N) is 1. The Morgan fingerprint density at radius 3 is 2.65 bits per heavy atom. The molecule has 0 spiro atoms. The molecule has 1 aliphatic rings. The molecule has 0 unspecified atom stereocenters. The van der Waals surface area contributed by atoms with Gasteiger partial charge < -0.3 is 10.1 Å². The van der Waals surface area contributed by atoms with Crippen molar-refractivity contribution in [3.63, 3.8) is 0 Å². The summed E-state index contributed by atoms with van der Waals surface area (Å²) in [7, 11) is 0. The summed E-state index contributed by atoms with van der Waals surface area (Å²) in [6.45, 7) is 2.45. The number of thiazole rings is 1. The standard InChI is InChI=1S/C27H22N4O2S/c1-17-25-20(19-11-5-7-13-22(19)33-16-18-9-3-2-4-10-18)15-24(32)29-26(25)31(30-17)27-28-21-12-6-8-14-23(21)34-27/h2-14,20H,15-16H2,1H3,(H,29,32)/t20-/m0/s1. The Hall–Kier alpha value is -3.97. The van der Waals surface area contributed by atoms with Gasteiger partial charge in [0.15, 0.2) is 0 Å². The summed E-state index contributed by atoms with van der Waals surface area (Å²) in [4.78, 5) is 17.6.